The van der Waals surface area contributed by atoms with Gasteiger partial charge in [0, 0.05) is 31.6 Å². The number of methoxy groups -OCH3 is 2. The number of aromatic carboxylic acids is 1. The summed E-state index contributed by atoms with van der Waals surface area (Å²) in [6.45, 7) is 1.33. The second kappa shape index (κ2) is 12.1. The average Bonchev–Trinajstić information content (AvgIpc) is 2.84. The van der Waals surface area contributed by atoms with Gasteiger partial charge in [0.2, 0.25) is 0 Å². The maximum atomic E-state index is 11.9. The van der Waals surface area contributed by atoms with Crippen molar-refractivity contribution in [2.75, 3.05) is 27.4 Å². The number of hydrogen-bond acceptors (Lipinski definition) is 9. The molecule has 2 N–H and O–H groups in total. The van der Waals surface area contributed by atoms with Crippen molar-refractivity contribution in [1.29, 1.82) is 0 Å². The summed E-state index contributed by atoms with van der Waals surface area (Å²) >= 11 is 0. The number of rotatable bonds is 5. The molecule has 11 heteroatoms. The Labute approximate surface area is 183 Å². The van der Waals surface area contributed by atoms with Gasteiger partial charge in [-0.1, -0.05) is 0 Å². The molecule has 0 aliphatic carbocycles. The summed E-state index contributed by atoms with van der Waals surface area (Å²) in [5, 5.41) is 11.4. The molecule has 0 aromatic carbocycles. The summed E-state index contributed by atoms with van der Waals surface area (Å²) in [5.41, 5.74) is 0.740. The lowest BCUT2D eigenvalue weighted by molar-refractivity contribution is 0.0591. The van der Waals surface area contributed by atoms with Gasteiger partial charge >= 0.3 is 17.9 Å². The molecule has 0 bridgehead atoms. The molecular formula is C21H23N3O8. The van der Waals surface area contributed by atoms with Gasteiger partial charge in [-0.25, -0.2) is 19.4 Å². The van der Waals surface area contributed by atoms with Gasteiger partial charge in [-0.15, -0.1) is 0 Å². The first kappa shape index (κ1) is 24.4. The van der Waals surface area contributed by atoms with Crippen LogP contribution in [0.15, 0.2) is 36.7 Å². The van der Waals surface area contributed by atoms with Crippen molar-refractivity contribution in [3.05, 3.63) is 59.2 Å². The summed E-state index contributed by atoms with van der Waals surface area (Å²) in [6.07, 6.45) is 4.12. The van der Waals surface area contributed by atoms with Crippen LogP contribution in [0.5, 0.6) is 0 Å². The van der Waals surface area contributed by atoms with Gasteiger partial charge in [-0.05, 0) is 37.1 Å². The van der Waals surface area contributed by atoms with Crippen LogP contribution in [0.25, 0.3) is 0 Å². The predicted octanol–water partition coefficient (Wildman–Crippen LogP) is 1.34. The third-order valence-electron chi connectivity index (χ3n) is 4.38. The Kier molecular flexibility index (Phi) is 9.23. The van der Waals surface area contributed by atoms with Crippen LogP contribution in [0.2, 0.25) is 0 Å². The van der Waals surface area contributed by atoms with Crippen molar-refractivity contribution in [1.82, 2.24) is 15.3 Å². The monoisotopic (exact) mass is 445 g/mol. The highest BCUT2D eigenvalue weighted by atomic mass is 16.5. The number of nitrogens with zero attached hydrogens (tertiary/aromatic N) is 2. The molecular weight excluding hydrogens is 422 g/mol. The van der Waals surface area contributed by atoms with Crippen molar-refractivity contribution in [2.24, 2.45) is 0 Å². The summed E-state index contributed by atoms with van der Waals surface area (Å²) in [6, 6.07) is 5.76. The van der Waals surface area contributed by atoms with Crippen LogP contribution in [-0.4, -0.2) is 72.4 Å². The minimum atomic E-state index is -1.13. The Hall–Kier alpha value is -3.86. The van der Waals surface area contributed by atoms with Crippen LogP contribution in [0.3, 0.4) is 0 Å². The van der Waals surface area contributed by atoms with Gasteiger partial charge in [-0.2, -0.15) is 0 Å². The Morgan fingerprint density at radius 3 is 1.81 bits per heavy atom. The number of carboxylic acids is 1. The zero-order valence-corrected chi connectivity index (χ0v) is 17.6. The average molecular weight is 445 g/mol. The molecule has 3 heterocycles. The summed E-state index contributed by atoms with van der Waals surface area (Å²) < 4.78 is 14.2. The van der Waals surface area contributed by atoms with Crippen LogP contribution >= 0.6 is 0 Å². The van der Waals surface area contributed by atoms with Crippen LogP contribution in [0.1, 0.15) is 54.5 Å². The fraction of sp³-hybridized carbons (Fsp3) is 0.333. The fourth-order valence-corrected chi connectivity index (χ4v) is 2.63. The van der Waals surface area contributed by atoms with E-state index in [2.05, 4.69) is 24.8 Å². The maximum absolute atomic E-state index is 11.9. The molecule has 0 radical (unpaired) electrons. The molecule has 3 rings (SSSR count). The molecule has 1 aliphatic rings. The van der Waals surface area contributed by atoms with Crippen molar-refractivity contribution in [2.45, 2.75) is 18.9 Å². The Morgan fingerprint density at radius 1 is 0.906 bits per heavy atom. The quantitative estimate of drug-likeness (QED) is 0.644. The molecule has 1 saturated heterocycles. The lowest BCUT2D eigenvalue weighted by Crippen LogP contribution is -2.39. The number of hydrogen-bond donors (Lipinski definition) is 2. The molecule has 2 aromatic heterocycles. The van der Waals surface area contributed by atoms with E-state index >= 15 is 0 Å². The number of amides is 1. The number of pyridine rings is 2. The molecule has 0 saturated carbocycles. The molecule has 1 fully saturated rings. The highest BCUT2D eigenvalue weighted by Gasteiger charge is 2.18. The standard InChI is InChI=1S/C13H16N2O4.C8H7NO4/c1-18-13(17)9-2-3-11(14-8-9)12(16)15-10-4-6-19-7-5-10;1-13-8(12)5-2-3-6(7(10)11)9-4-5/h2-3,8,10H,4-7H2,1H3,(H,15,16);2-4H,1H3,(H,10,11). The Balaban J connectivity index is 0.000000244. The van der Waals surface area contributed by atoms with Gasteiger partial charge in [0.15, 0.2) is 0 Å². The number of carbonyl (C=O) groups is 4. The number of ether oxygens (including phenoxy) is 3. The van der Waals surface area contributed by atoms with Crippen LogP contribution in [0, 0.1) is 0 Å². The fourth-order valence-electron chi connectivity index (χ4n) is 2.63. The van der Waals surface area contributed by atoms with Gasteiger partial charge < -0.3 is 24.6 Å². The molecule has 170 valence electrons. The second-order valence-electron chi connectivity index (χ2n) is 6.51. The number of nitrogens with one attached hydrogen (secondary N) is 1. The van der Waals surface area contributed by atoms with E-state index in [9.17, 15) is 19.2 Å². The van der Waals surface area contributed by atoms with Crippen LogP contribution in [0.4, 0.5) is 0 Å². The Bertz CT molecular complexity index is 939. The van der Waals surface area contributed by atoms with E-state index in [0.717, 1.165) is 19.0 Å². The molecule has 0 spiro atoms. The third-order valence-corrected chi connectivity index (χ3v) is 4.38. The molecule has 0 atom stereocenters. The number of carbonyl (C=O) groups excluding carboxylic acids is 3. The molecule has 0 unspecified atom stereocenters. The first-order valence-corrected chi connectivity index (χ1v) is 9.56. The number of carboxylic acid groups (broad SMARTS) is 1. The minimum Gasteiger partial charge on any atom is -0.477 e. The highest BCUT2D eigenvalue weighted by molar-refractivity contribution is 5.94. The van der Waals surface area contributed by atoms with Crippen LogP contribution < -0.4 is 5.32 Å². The molecule has 32 heavy (non-hydrogen) atoms. The zero-order valence-electron chi connectivity index (χ0n) is 17.6. The molecule has 11 nitrogen and oxygen atoms in total. The van der Waals surface area contributed by atoms with Crippen molar-refractivity contribution in [3.8, 4) is 0 Å². The topological polar surface area (TPSA) is 154 Å². The predicted molar refractivity (Wildman–Crippen MR) is 109 cm³/mol. The smallest absolute Gasteiger partial charge is 0.354 e. The van der Waals surface area contributed by atoms with E-state index in [1.54, 1.807) is 0 Å². The van der Waals surface area contributed by atoms with Gasteiger partial charge in [-0.3, -0.25) is 9.78 Å². The summed E-state index contributed by atoms with van der Waals surface area (Å²) in [5.74, 6) is -2.37. The van der Waals surface area contributed by atoms with E-state index in [1.165, 1.54) is 44.7 Å². The summed E-state index contributed by atoms with van der Waals surface area (Å²) in [4.78, 5) is 51.9. The van der Waals surface area contributed by atoms with Gasteiger partial charge in [0.25, 0.3) is 5.91 Å². The van der Waals surface area contributed by atoms with Gasteiger partial charge in [0.1, 0.15) is 11.4 Å². The van der Waals surface area contributed by atoms with Crippen molar-refractivity contribution in [3.63, 3.8) is 0 Å². The van der Waals surface area contributed by atoms with Crippen LogP contribution in [-0.2, 0) is 14.2 Å². The molecule has 2 aromatic rings. The van der Waals surface area contributed by atoms with E-state index in [4.69, 9.17) is 9.84 Å². The van der Waals surface area contributed by atoms with E-state index in [1.807, 2.05) is 0 Å². The molecule has 1 aliphatic heterocycles. The second-order valence-corrected chi connectivity index (χ2v) is 6.51. The zero-order chi connectivity index (χ0) is 23.5. The third kappa shape index (κ3) is 7.13. The van der Waals surface area contributed by atoms with E-state index < -0.39 is 17.9 Å². The Morgan fingerprint density at radius 2 is 1.41 bits per heavy atom. The van der Waals surface area contributed by atoms with Crippen molar-refractivity contribution >= 4 is 23.8 Å². The normalized spacial score (nSPS) is 13.2. The first-order valence-electron chi connectivity index (χ1n) is 9.56. The van der Waals surface area contributed by atoms with Gasteiger partial charge in [0.05, 0.1) is 25.3 Å². The van der Waals surface area contributed by atoms with E-state index in [0.29, 0.717) is 24.5 Å². The number of esters is 2. The SMILES string of the molecule is COC(=O)c1ccc(C(=O)NC2CCOCC2)nc1.COC(=O)c1ccc(C(=O)O)nc1. The lowest BCUT2D eigenvalue weighted by Gasteiger charge is -2.22. The summed E-state index contributed by atoms with van der Waals surface area (Å²) in [7, 11) is 2.54. The molecule has 1 amide bonds. The largest absolute Gasteiger partial charge is 0.477 e. The maximum Gasteiger partial charge on any atom is 0.354 e. The highest BCUT2D eigenvalue weighted by Crippen LogP contribution is 2.08. The van der Waals surface area contributed by atoms with E-state index in [-0.39, 0.29) is 23.2 Å². The lowest BCUT2D eigenvalue weighted by atomic mass is 10.1. The van der Waals surface area contributed by atoms with Crippen molar-refractivity contribution < 1.29 is 38.5 Å². The first-order chi connectivity index (χ1) is 15.3. The number of aromatic nitrogens is 2. The minimum absolute atomic E-state index is 0.104.